The maximum Gasteiger partial charge on any atom is 0.119 e. The van der Waals surface area contributed by atoms with Crippen molar-refractivity contribution in [1.29, 1.82) is 0 Å². The van der Waals surface area contributed by atoms with E-state index < -0.39 is 0 Å². The largest absolute Gasteiger partial charge is 0.492 e. The molecule has 2 unspecified atom stereocenters. The number of halogens is 1. The lowest BCUT2D eigenvalue weighted by Crippen LogP contribution is -2.47. The normalized spacial score (nSPS) is 24.4. The molecule has 2 atom stereocenters. The van der Waals surface area contributed by atoms with Gasteiger partial charge in [-0.1, -0.05) is 22.9 Å². The SMILES string of the molecule is CC1CCN(CCOc2ccc(Br)cc2)C(CN)C1. The second-order valence-electron chi connectivity index (χ2n) is 5.36. The first kappa shape index (κ1) is 14.8. The molecule has 2 N–H and O–H groups in total. The Morgan fingerprint density at radius 2 is 2.11 bits per heavy atom. The summed E-state index contributed by atoms with van der Waals surface area (Å²) < 4.78 is 6.86. The average molecular weight is 327 g/mol. The summed E-state index contributed by atoms with van der Waals surface area (Å²) in [6.07, 6.45) is 2.49. The Hall–Kier alpha value is -0.580. The molecule has 19 heavy (non-hydrogen) atoms. The van der Waals surface area contributed by atoms with Gasteiger partial charge in [0.2, 0.25) is 0 Å². The molecule has 0 radical (unpaired) electrons. The van der Waals surface area contributed by atoms with Crippen LogP contribution in [0.2, 0.25) is 0 Å². The van der Waals surface area contributed by atoms with Crippen molar-refractivity contribution >= 4 is 15.9 Å². The Kier molecular flexibility index (Phi) is 5.67. The van der Waals surface area contributed by atoms with E-state index in [-0.39, 0.29) is 0 Å². The minimum atomic E-state index is 0.525. The maximum absolute atomic E-state index is 5.87. The van der Waals surface area contributed by atoms with Gasteiger partial charge in [0.1, 0.15) is 12.4 Å². The highest BCUT2D eigenvalue weighted by atomic mass is 79.9. The summed E-state index contributed by atoms with van der Waals surface area (Å²) in [5.74, 6) is 1.73. The third kappa shape index (κ3) is 4.48. The Morgan fingerprint density at radius 3 is 2.79 bits per heavy atom. The number of rotatable bonds is 5. The van der Waals surface area contributed by atoms with E-state index in [4.69, 9.17) is 10.5 Å². The zero-order valence-corrected chi connectivity index (χ0v) is 13.1. The molecule has 1 aromatic rings. The monoisotopic (exact) mass is 326 g/mol. The second-order valence-corrected chi connectivity index (χ2v) is 6.27. The summed E-state index contributed by atoms with van der Waals surface area (Å²) in [6, 6.07) is 8.50. The van der Waals surface area contributed by atoms with Gasteiger partial charge in [0.05, 0.1) is 0 Å². The first-order chi connectivity index (χ1) is 9.19. The van der Waals surface area contributed by atoms with Gasteiger partial charge in [-0.15, -0.1) is 0 Å². The van der Waals surface area contributed by atoms with Gasteiger partial charge in [-0.25, -0.2) is 0 Å². The molecule has 0 bridgehead atoms. The number of benzene rings is 1. The predicted molar refractivity (Wildman–Crippen MR) is 82.5 cm³/mol. The summed E-state index contributed by atoms with van der Waals surface area (Å²) in [7, 11) is 0. The van der Waals surface area contributed by atoms with Gasteiger partial charge in [0.25, 0.3) is 0 Å². The van der Waals surface area contributed by atoms with Crippen LogP contribution in [-0.4, -0.2) is 37.2 Å². The van der Waals surface area contributed by atoms with Crippen LogP contribution in [-0.2, 0) is 0 Å². The zero-order chi connectivity index (χ0) is 13.7. The van der Waals surface area contributed by atoms with Crippen LogP contribution in [0, 0.1) is 5.92 Å². The molecular weight excluding hydrogens is 304 g/mol. The lowest BCUT2D eigenvalue weighted by molar-refractivity contribution is 0.103. The Morgan fingerprint density at radius 1 is 1.37 bits per heavy atom. The van der Waals surface area contributed by atoms with Crippen LogP contribution < -0.4 is 10.5 Å². The van der Waals surface area contributed by atoms with Gasteiger partial charge < -0.3 is 10.5 Å². The van der Waals surface area contributed by atoms with Gasteiger partial charge in [-0.2, -0.15) is 0 Å². The van der Waals surface area contributed by atoms with Gasteiger partial charge in [-0.05, 0) is 49.6 Å². The van der Waals surface area contributed by atoms with Crippen LogP contribution in [0.4, 0.5) is 0 Å². The zero-order valence-electron chi connectivity index (χ0n) is 11.5. The number of likely N-dealkylation sites (tertiary alicyclic amines) is 1. The van der Waals surface area contributed by atoms with Crippen LogP contribution in [0.15, 0.2) is 28.7 Å². The quantitative estimate of drug-likeness (QED) is 0.904. The molecule has 1 heterocycles. The Balaban J connectivity index is 1.77. The molecule has 0 spiro atoms. The van der Waals surface area contributed by atoms with E-state index in [2.05, 4.69) is 27.8 Å². The van der Waals surface area contributed by atoms with Gasteiger partial charge in [-0.3, -0.25) is 4.90 Å². The number of hydrogen-bond donors (Lipinski definition) is 1. The number of nitrogens with zero attached hydrogens (tertiary/aromatic N) is 1. The number of hydrogen-bond acceptors (Lipinski definition) is 3. The minimum absolute atomic E-state index is 0.525. The number of piperidine rings is 1. The van der Waals surface area contributed by atoms with E-state index in [0.717, 1.165) is 42.4 Å². The van der Waals surface area contributed by atoms with Gasteiger partial charge in [0, 0.05) is 23.6 Å². The standard InChI is InChI=1S/C15H23BrN2O/c1-12-6-7-18(14(10-12)11-17)8-9-19-15-4-2-13(16)3-5-15/h2-5,12,14H,6-11,17H2,1H3. The Labute approximate surface area is 124 Å². The van der Waals surface area contributed by atoms with Crippen molar-refractivity contribution in [2.45, 2.75) is 25.8 Å². The van der Waals surface area contributed by atoms with Crippen molar-refractivity contribution in [2.75, 3.05) is 26.2 Å². The van der Waals surface area contributed by atoms with Crippen molar-refractivity contribution in [3.05, 3.63) is 28.7 Å². The van der Waals surface area contributed by atoms with Gasteiger partial charge >= 0.3 is 0 Å². The molecule has 1 aromatic carbocycles. The average Bonchev–Trinajstić information content (AvgIpc) is 2.42. The highest BCUT2D eigenvalue weighted by Crippen LogP contribution is 2.22. The minimum Gasteiger partial charge on any atom is -0.492 e. The first-order valence-corrected chi connectivity index (χ1v) is 7.81. The summed E-state index contributed by atoms with van der Waals surface area (Å²) >= 11 is 3.42. The fraction of sp³-hybridized carbons (Fsp3) is 0.600. The van der Waals surface area contributed by atoms with Crippen LogP contribution in [0.25, 0.3) is 0 Å². The van der Waals surface area contributed by atoms with Crippen molar-refractivity contribution in [3.8, 4) is 5.75 Å². The summed E-state index contributed by atoms with van der Waals surface area (Å²) in [6.45, 7) is 5.91. The van der Waals surface area contributed by atoms with E-state index in [1.165, 1.54) is 12.8 Å². The molecule has 1 aliphatic rings. The summed E-state index contributed by atoms with van der Waals surface area (Å²) in [5.41, 5.74) is 5.87. The van der Waals surface area contributed by atoms with E-state index >= 15 is 0 Å². The van der Waals surface area contributed by atoms with Crippen molar-refractivity contribution in [1.82, 2.24) is 4.90 Å². The van der Waals surface area contributed by atoms with E-state index in [0.29, 0.717) is 6.04 Å². The lowest BCUT2D eigenvalue weighted by Gasteiger charge is -2.37. The number of nitrogens with two attached hydrogens (primary N) is 1. The van der Waals surface area contributed by atoms with E-state index in [1.54, 1.807) is 0 Å². The molecule has 3 nitrogen and oxygen atoms in total. The molecule has 0 amide bonds. The molecule has 4 heteroatoms. The van der Waals surface area contributed by atoms with Crippen LogP contribution in [0.1, 0.15) is 19.8 Å². The topological polar surface area (TPSA) is 38.5 Å². The van der Waals surface area contributed by atoms with Crippen molar-refractivity contribution < 1.29 is 4.74 Å². The van der Waals surface area contributed by atoms with Crippen LogP contribution >= 0.6 is 15.9 Å². The Bertz CT molecular complexity index is 382. The van der Waals surface area contributed by atoms with Crippen LogP contribution in [0.5, 0.6) is 5.75 Å². The molecule has 0 aliphatic carbocycles. The lowest BCUT2D eigenvalue weighted by atomic mass is 9.92. The highest BCUT2D eigenvalue weighted by Gasteiger charge is 2.24. The fourth-order valence-corrected chi connectivity index (χ4v) is 2.92. The number of ether oxygens (including phenoxy) is 1. The van der Waals surface area contributed by atoms with Crippen LogP contribution in [0.3, 0.4) is 0 Å². The van der Waals surface area contributed by atoms with E-state index in [1.807, 2.05) is 24.3 Å². The molecule has 0 aromatic heterocycles. The summed E-state index contributed by atoms with van der Waals surface area (Å²) in [5, 5.41) is 0. The van der Waals surface area contributed by atoms with Crippen molar-refractivity contribution in [3.63, 3.8) is 0 Å². The second kappa shape index (κ2) is 7.27. The predicted octanol–water partition coefficient (Wildman–Crippen LogP) is 2.89. The smallest absolute Gasteiger partial charge is 0.119 e. The van der Waals surface area contributed by atoms with Gasteiger partial charge in [0.15, 0.2) is 0 Å². The maximum atomic E-state index is 5.87. The molecule has 1 fully saturated rings. The first-order valence-electron chi connectivity index (χ1n) is 7.01. The molecule has 1 saturated heterocycles. The van der Waals surface area contributed by atoms with E-state index in [9.17, 15) is 0 Å². The molecular formula is C15H23BrN2O. The summed E-state index contributed by atoms with van der Waals surface area (Å²) in [4.78, 5) is 2.47. The molecule has 106 valence electrons. The molecule has 1 aliphatic heterocycles. The van der Waals surface area contributed by atoms with Crippen molar-refractivity contribution in [2.24, 2.45) is 11.7 Å². The highest BCUT2D eigenvalue weighted by molar-refractivity contribution is 9.10. The fourth-order valence-electron chi connectivity index (χ4n) is 2.65. The molecule has 2 rings (SSSR count). The third-order valence-electron chi connectivity index (χ3n) is 3.83. The third-order valence-corrected chi connectivity index (χ3v) is 4.36. The molecule has 0 saturated carbocycles.